The average Bonchev–Trinajstić information content (AvgIpc) is 2.85. The minimum Gasteiger partial charge on any atom is -0.403 e. The molecule has 0 aromatic heterocycles. The zero-order valence-electron chi connectivity index (χ0n) is 17.0. The maximum Gasteiger partial charge on any atom is 0.526 e. The predicted octanol–water partition coefficient (Wildman–Crippen LogP) is 5.43. The molecule has 1 aliphatic heterocycles. The highest BCUT2D eigenvalue weighted by Crippen LogP contribution is 2.58. The van der Waals surface area contributed by atoms with Crippen LogP contribution in [0.15, 0.2) is 24.3 Å². The highest BCUT2D eigenvalue weighted by atomic mass is 32.2. The third-order valence-electron chi connectivity index (χ3n) is 6.21. The fraction of sp³-hybridized carbons (Fsp3) is 0.429. The molecule has 0 amide bonds. The Bertz CT molecular complexity index is 1190. The lowest BCUT2D eigenvalue weighted by Gasteiger charge is -2.25. The fourth-order valence-electron chi connectivity index (χ4n) is 4.83. The predicted molar refractivity (Wildman–Crippen MR) is 112 cm³/mol. The Morgan fingerprint density at radius 1 is 0.781 bits per heavy atom. The van der Waals surface area contributed by atoms with E-state index < -0.39 is 23.3 Å². The first-order valence-corrected chi connectivity index (χ1v) is 13.5. The van der Waals surface area contributed by atoms with Crippen LogP contribution < -0.4 is 13.5 Å². The molecule has 5 rings (SSSR count). The first-order valence-electron chi connectivity index (χ1n) is 10.5. The van der Waals surface area contributed by atoms with Crippen LogP contribution in [0.5, 0.6) is 11.5 Å². The largest absolute Gasteiger partial charge is 0.526 e. The SMILES string of the molecule is O=P1(NS(=O)(=O)C(F)(F)F)Oc2ccc3c(c2-c2c(ccc4c2CCCC4)O1)CCCC3. The van der Waals surface area contributed by atoms with Crippen LogP contribution in [0.1, 0.15) is 47.9 Å². The van der Waals surface area contributed by atoms with Gasteiger partial charge in [0.25, 0.3) is 0 Å². The van der Waals surface area contributed by atoms with Gasteiger partial charge in [-0.25, -0.2) is 13.0 Å². The van der Waals surface area contributed by atoms with Crippen molar-refractivity contribution in [2.24, 2.45) is 0 Å². The first-order chi connectivity index (χ1) is 15.1. The summed E-state index contributed by atoms with van der Waals surface area (Å²) in [6.07, 6.45) is 7.10. The molecule has 0 saturated heterocycles. The summed E-state index contributed by atoms with van der Waals surface area (Å²) in [5.74, 6) is 0.133. The topological polar surface area (TPSA) is 81.7 Å². The Balaban J connectivity index is 1.75. The number of hydrogen-bond donors (Lipinski definition) is 1. The van der Waals surface area contributed by atoms with Gasteiger partial charge in [-0.2, -0.15) is 13.2 Å². The van der Waals surface area contributed by atoms with Crippen LogP contribution in [0, 0.1) is 0 Å². The third kappa shape index (κ3) is 3.62. The van der Waals surface area contributed by atoms with Gasteiger partial charge in [-0.15, -0.1) is 0 Å². The van der Waals surface area contributed by atoms with Crippen molar-refractivity contribution in [3.63, 3.8) is 0 Å². The van der Waals surface area contributed by atoms with Gasteiger partial charge in [-0.05, 0) is 85.8 Å². The van der Waals surface area contributed by atoms with Crippen molar-refractivity contribution in [1.29, 1.82) is 0 Å². The van der Waals surface area contributed by atoms with E-state index in [1.165, 1.54) is 0 Å². The van der Waals surface area contributed by atoms with Gasteiger partial charge in [0.2, 0.25) is 0 Å². The van der Waals surface area contributed by atoms with Gasteiger partial charge < -0.3 is 9.05 Å². The summed E-state index contributed by atoms with van der Waals surface area (Å²) in [5.41, 5.74) is -0.175. The van der Waals surface area contributed by atoms with Gasteiger partial charge >= 0.3 is 23.3 Å². The number of aryl methyl sites for hydroxylation is 2. The van der Waals surface area contributed by atoms with E-state index in [-0.39, 0.29) is 11.5 Å². The molecule has 0 saturated carbocycles. The standard InChI is InChI=1S/C21H21F3NO5PS/c22-21(23,24)32(27,28)25-31(26)29-17-11-9-13-5-1-3-7-15(13)19(17)20-16-8-4-2-6-14(16)10-12-18(20)30-31/h9-12H,1-8H2,(H,25,26). The van der Waals surface area contributed by atoms with Crippen LogP contribution >= 0.6 is 7.75 Å². The van der Waals surface area contributed by atoms with Crippen molar-refractivity contribution < 1.29 is 35.2 Å². The third-order valence-corrected chi connectivity index (χ3v) is 9.55. The van der Waals surface area contributed by atoms with E-state index in [9.17, 15) is 26.2 Å². The molecule has 6 nitrogen and oxygen atoms in total. The molecule has 172 valence electrons. The second kappa shape index (κ2) is 7.50. The average molecular weight is 487 g/mol. The fourth-order valence-corrected chi connectivity index (χ4v) is 7.58. The molecule has 32 heavy (non-hydrogen) atoms. The molecule has 0 bridgehead atoms. The Morgan fingerprint density at radius 2 is 1.22 bits per heavy atom. The molecule has 2 aliphatic carbocycles. The van der Waals surface area contributed by atoms with E-state index in [1.807, 2.05) is 0 Å². The second-order valence-electron chi connectivity index (χ2n) is 8.29. The van der Waals surface area contributed by atoms with Gasteiger partial charge in [-0.3, -0.25) is 0 Å². The molecule has 0 unspecified atom stereocenters. The lowest BCUT2D eigenvalue weighted by atomic mass is 9.80. The quantitative estimate of drug-likeness (QED) is 0.572. The zero-order valence-corrected chi connectivity index (χ0v) is 18.7. The van der Waals surface area contributed by atoms with Crippen LogP contribution in [-0.4, -0.2) is 13.9 Å². The summed E-state index contributed by atoms with van der Waals surface area (Å²) < 4.78 is 88.0. The van der Waals surface area contributed by atoms with Crippen molar-refractivity contribution in [2.75, 3.05) is 0 Å². The number of hydrogen-bond acceptors (Lipinski definition) is 5. The summed E-state index contributed by atoms with van der Waals surface area (Å²) in [5, 5.41) is 0. The number of halogens is 3. The summed E-state index contributed by atoms with van der Waals surface area (Å²) in [6.45, 7) is 0. The number of rotatable bonds is 2. The lowest BCUT2D eigenvalue weighted by Crippen LogP contribution is -2.36. The van der Waals surface area contributed by atoms with Gasteiger partial charge in [0.1, 0.15) is 11.5 Å². The minimum atomic E-state index is -5.97. The molecule has 2 aromatic carbocycles. The normalized spacial score (nSPS) is 19.3. The summed E-state index contributed by atoms with van der Waals surface area (Å²) >= 11 is 0. The highest BCUT2D eigenvalue weighted by Gasteiger charge is 2.52. The highest BCUT2D eigenvalue weighted by molar-refractivity contribution is 7.95. The number of alkyl halides is 3. The van der Waals surface area contributed by atoms with E-state index in [0.29, 0.717) is 11.1 Å². The number of nitrogens with one attached hydrogen (secondary N) is 1. The van der Waals surface area contributed by atoms with Crippen LogP contribution in [-0.2, 0) is 40.3 Å². The van der Waals surface area contributed by atoms with Crippen LogP contribution in [0.25, 0.3) is 11.1 Å². The maximum atomic E-state index is 13.3. The van der Waals surface area contributed by atoms with Crippen molar-refractivity contribution >= 4 is 17.8 Å². The van der Waals surface area contributed by atoms with E-state index in [2.05, 4.69) is 0 Å². The molecule has 0 atom stereocenters. The van der Waals surface area contributed by atoms with Gasteiger partial charge in [0.15, 0.2) is 0 Å². The van der Waals surface area contributed by atoms with E-state index >= 15 is 0 Å². The molecule has 2 aromatic rings. The molecule has 0 radical (unpaired) electrons. The number of benzene rings is 2. The Kier molecular flexibility index (Phi) is 5.11. The van der Waals surface area contributed by atoms with Gasteiger partial charge in [0, 0.05) is 11.1 Å². The van der Waals surface area contributed by atoms with Crippen molar-refractivity contribution in [3.05, 3.63) is 46.5 Å². The minimum absolute atomic E-state index is 0.0663. The molecule has 11 heteroatoms. The number of fused-ring (bicyclic) bond motifs is 7. The van der Waals surface area contributed by atoms with Crippen molar-refractivity contribution in [1.82, 2.24) is 4.49 Å². The smallest absolute Gasteiger partial charge is 0.403 e. The summed E-state index contributed by atoms with van der Waals surface area (Å²) in [7, 11) is -10.9. The molecular formula is C21H21F3NO5PS. The van der Waals surface area contributed by atoms with E-state index in [0.717, 1.165) is 78.1 Å². The lowest BCUT2D eigenvalue weighted by molar-refractivity contribution is -0.0443. The van der Waals surface area contributed by atoms with Crippen LogP contribution in [0.4, 0.5) is 13.2 Å². The molecule has 1 heterocycles. The van der Waals surface area contributed by atoms with Gasteiger partial charge in [-0.1, -0.05) is 16.6 Å². The molecule has 1 N–H and O–H groups in total. The zero-order chi connectivity index (χ0) is 22.7. The second-order valence-corrected chi connectivity index (χ2v) is 11.8. The van der Waals surface area contributed by atoms with Crippen molar-refractivity contribution in [3.8, 4) is 22.6 Å². The Morgan fingerprint density at radius 3 is 1.66 bits per heavy atom. The summed E-state index contributed by atoms with van der Waals surface area (Å²) in [6, 6.07) is 6.70. The molecule has 3 aliphatic rings. The molecule has 0 spiro atoms. The van der Waals surface area contributed by atoms with Crippen LogP contribution in [0.3, 0.4) is 0 Å². The molecule has 0 fully saturated rings. The van der Waals surface area contributed by atoms with Crippen molar-refractivity contribution in [2.45, 2.75) is 56.9 Å². The Hall–Kier alpha value is -2.03. The first kappa shape index (κ1) is 21.8. The molecular weight excluding hydrogens is 466 g/mol. The Labute approximate surface area is 183 Å². The summed E-state index contributed by atoms with van der Waals surface area (Å²) in [4.78, 5) is 0. The monoisotopic (exact) mass is 487 g/mol. The van der Waals surface area contributed by atoms with Gasteiger partial charge in [0.05, 0.1) is 0 Å². The van der Waals surface area contributed by atoms with Crippen LogP contribution in [0.2, 0.25) is 0 Å². The number of sulfonamides is 1. The van der Waals surface area contributed by atoms with E-state index in [4.69, 9.17) is 9.05 Å². The maximum absolute atomic E-state index is 13.3. The van der Waals surface area contributed by atoms with E-state index in [1.54, 1.807) is 24.3 Å².